The van der Waals surface area contributed by atoms with E-state index in [1.165, 1.54) is 19.9 Å². The number of carbonyl (C=O) groups is 1. The molecule has 1 saturated heterocycles. The number of hydrogen-bond donors (Lipinski definition) is 0. The Labute approximate surface area is 144 Å². The fourth-order valence-electron chi connectivity index (χ4n) is 3.72. The summed E-state index contributed by atoms with van der Waals surface area (Å²) < 4.78 is 37.8. The van der Waals surface area contributed by atoms with Crippen LogP contribution >= 0.6 is 0 Å². The minimum Gasteiger partial charge on any atom is -0.335 e. The van der Waals surface area contributed by atoms with Gasteiger partial charge in [0.2, 0.25) is 0 Å². The molecule has 0 radical (unpaired) electrons. The molecular weight excluding hydrogens is 317 g/mol. The van der Waals surface area contributed by atoms with Crippen molar-refractivity contribution in [3.05, 3.63) is 0 Å². The van der Waals surface area contributed by atoms with E-state index in [9.17, 15) is 18.0 Å². The first-order valence-electron chi connectivity index (χ1n) is 9.24. The van der Waals surface area contributed by atoms with Gasteiger partial charge in [0.1, 0.15) is 0 Å². The Balaban J connectivity index is 2.65. The number of nitrogens with zero attached hydrogens (tertiary/aromatic N) is 2. The highest BCUT2D eigenvalue weighted by Gasteiger charge is 2.44. The van der Waals surface area contributed by atoms with E-state index in [0.717, 1.165) is 43.7 Å². The Hall–Kier alpha value is -0.780. The first-order valence-corrected chi connectivity index (χ1v) is 9.24. The molecule has 0 bridgehead atoms. The average Bonchev–Trinajstić information content (AvgIpc) is 2.56. The fourth-order valence-corrected chi connectivity index (χ4v) is 3.72. The molecule has 24 heavy (non-hydrogen) atoms. The van der Waals surface area contributed by atoms with Crippen molar-refractivity contribution >= 4 is 5.91 Å². The van der Waals surface area contributed by atoms with Gasteiger partial charge in [0.05, 0.1) is 0 Å². The maximum Gasteiger partial charge on any atom is 0.471 e. The van der Waals surface area contributed by atoms with E-state index < -0.39 is 12.1 Å². The third kappa shape index (κ3) is 5.64. The van der Waals surface area contributed by atoms with Gasteiger partial charge >= 0.3 is 12.1 Å². The summed E-state index contributed by atoms with van der Waals surface area (Å²) in [7, 11) is 1.28. The molecule has 1 aliphatic heterocycles. The van der Waals surface area contributed by atoms with Crippen molar-refractivity contribution in [2.45, 2.75) is 89.9 Å². The van der Waals surface area contributed by atoms with Crippen LogP contribution in [0.2, 0.25) is 0 Å². The van der Waals surface area contributed by atoms with Crippen LogP contribution in [0, 0.1) is 0 Å². The molecule has 1 fully saturated rings. The fraction of sp³-hybridized carbons (Fsp3) is 0.944. The van der Waals surface area contributed by atoms with Gasteiger partial charge < -0.3 is 4.90 Å². The monoisotopic (exact) mass is 350 g/mol. The topological polar surface area (TPSA) is 23.6 Å². The predicted octanol–water partition coefficient (Wildman–Crippen LogP) is 4.61. The van der Waals surface area contributed by atoms with Gasteiger partial charge in [-0.1, -0.05) is 39.5 Å². The number of rotatable bonds is 8. The first kappa shape index (κ1) is 21.3. The van der Waals surface area contributed by atoms with Crippen LogP contribution in [0.3, 0.4) is 0 Å². The zero-order chi connectivity index (χ0) is 18.4. The summed E-state index contributed by atoms with van der Waals surface area (Å²) in [6.45, 7) is 8.20. The van der Waals surface area contributed by atoms with Crippen LogP contribution in [0.5, 0.6) is 0 Å². The van der Waals surface area contributed by atoms with Crippen LogP contribution in [-0.4, -0.2) is 53.6 Å². The van der Waals surface area contributed by atoms with Gasteiger partial charge in [0.15, 0.2) is 0 Å². The Kier molecular flexibility index (Phi) is 8.03. The minimum atomic E-state index is -4.78. The Morgan fingerprint density at radius 3 is 1.92 bits per heavy atom. The maximum absolute atomic E-state index is 12.6. The quantitative estimate of drug-likeness (QED) is 0.638. The molecule has 1 amide bonds. The maximum atomic E-state index is 12.6. The van der Waals surface area contributed by atoms with Crippen molar-refractivity contribution in [2.75, 3.05) is 20.1 Å². The van der Waals surface area contributed by atoms with E-state index >= 15 is 0 Å². The molecule has 0 aromatic heterocycles. The number of piperidine rings is 1. The van der Waals surface area contributed by atoms with Crippen molar-refractivity contribution < 1.29 is 18.0 Å². The molecule has 142 valence electrons. The number of halogens is 3. The number of amides is 1. The summed E-state index contributed by atoms with van der Waals surface area (Å²) in [6.07, 6.45) is 3.37. The molecule has 0 aromatic carbocycles. The molecule has 3 nitrogen and oxygen atoms in total. The summed E-state index contributed by atoms with van der Waals surface area (Å²) in [6, 6.07) is -0.308. The first-order chi connectivity index (χ1) is 11.2. The minimum absolute atomic E-state index is 0.129. The molecule has 1 aliphatic rings. The molecule has 1 rings (SSSR count). The SMILES string of the molecule is CCCCC(C)(CCCC)N1CCC(N(C)C(=O)C(F)(F)F)CC1. The van der Waals surface area contributed by atoms with Gasteiger partial charge in [-0.3, -0.25) is 9.69 Å². The van der Waals surface area contributed by atoms with Gasteiger partial charge in [0, 0.05) is 31.7 Å². The number of unbranched alkanes of at least 4 members (excludes halogenated alkanes) is 2. The van der Waals surface area contributed by atoms with Crippen molar-refractivity contribution in [1.29, 1.82) is 0 Å². The second-order valence-corrected chi connectivity index (χ2v) is 7.34. The van der Waals surface area contributed by atoms with Crippen LogP contribution in [0.1, 0.15) is 72.1 Å². The van der Waals surface area contributed by atoms with Crippen molar-refractivity contribution in [2.24, 2.45) is 0 Å². The molecule has 0 saturated carbocycles. The lowest BCUT2D eigenvalue weighted by molar-refractivity contribution is -0.187. The van der Waals surface area contributed by atoms with Crippen LogP contribution < -0.4 is 0 Å². The van der Waals surface area contributed by atoms with Crippen molar-refractivity contribution in [1.82, 2.24) is 9.80 Å². The summed E-state index contributed by atoms with van der Waals surface area (Å²) in [5.74, 6) is -1.72. The van der Waals surface area contributed by atoms with Crippen LogP contribution in [0.15, 0.2) is 0 Å². The lowest BCUT2D eigenvalue weighted by Crippen LogP contribution is -2.55. The smallest absolute Gasteiger partial charge is 0.335 e. The summed E-state index contributed by atoms with van der Waals surface area (Å²) in [4.78, 5) is 14.8. The van der Waals surface area contributed by atoms with Crippen LogP contribution in [0.4, 0.5) is 13.2 Å². The zero-order valence-corrected chi connectivity index (χ0v) is 15.6. The standard InChI is InChI=1S/C18H33F3N2O/c1-5-7-11-17(3,12-8-6-2)23-13-9-15(10-14-23)22(4)16(24)18(19,20)21/h15H,5-14H2,1-4H3. The summed E-state index contributed by atoms with van der Waals surface area (Å²) >= 11 is 0. The van der Waals surface area contributed by atoms with Crippen LogP contribution in [-0.2, 0) is 4.79 Å². The Bertz CT molecular complexity index is 382. The Morgan fingerprint density at radius 1 is 1.08 bits per heavy atom. The highest BCUT2D eigenvalue weighted by Crippen LogP contribution is 2.32. The van der Waals surface area contributed by atoms with Gasteiger partial charge in [-0.05, 0) is 32.6 Å². The van der Waals surface area contributed by atoms with Crippen LogP contribution in [0.25, 0.3) is 0 Å². The lowest BCUT2D eigenvalue weighted by atomic mass is 9.85. The van der Waals surface area contributed by atoms with Gasteiger partial charge in [-0.15, -0.1) is 0 Å². The number of hydrogen-bond acceptors (Lipinski definition) is 2. The molecule has 0 aliphatic carbocycles. The molecule has 1 heterocycles. The normalized spacial score (nSPS) is 18.0. The third-order valence-electron chi connectivity index (χ3n) is 5.48. The lowest BCUT2D eigenvalue weighted by Gasteiger charge is -2.47. The molecule has 0 spiro atoms. The molecular formula is C18H33F3N2O. The van der Waals surface area contributed by atoms with E-state index in [1.54, 1.807) is 0 Å². The highest BCUT2D eigenvalue weighted by molar-refractivity contribution is 5.81. The van der Waals surface area contributed by atoms with E-state index in [2.05, 4.69) is 25.7 Å². The van der Waals surface area contributed by atoms with Gasteiger partial charge in [-0.25, -0.2) is 0 Å². The largest absolute Gasteiger partial charge is 0.471 e. The molecule has 6 heteroatoms. The summed E-state index contributed by atoms with van der Waals surface area (Å²) in [5, 5.41) is 0. The van der Waals surface area contributed by atoms with Gasteiger partial charge in [-0.2, -0.15) is 13.2 Å². The van der Waals surface area contributed by atoms with Crippen molar-refractivity contribution in [3.8, 4) is 0 Å². The van der Waals surface area contributed by atoms with Gasteiger partial charge in [0.25, 0.3) is 0 Å². The molecule has 0 unspecified atom stereocenters. The third-order valence-corrected chi connectivity index (χ3v) is 5.48. The zero-order valence-electron chi connectivity index (χ0n) is 15.6. The molecule has 0 atom stereocenters. The Morgan fingerprint density at radius 2 is 1.54 bits per heavy atom. The van der Waals surface area contributed by atoms with E-state index in [4.69, 9.17) is 0 Å². The van der Waals surface area contributed by atoms with Crippen molar-refractivity contribution in [3.63, 3.8) is 0 Å². The predicted molar refractivity (Wildman–Crippen MR) is 90.9 cm³/mol. The molecule has 0 aromatic rings. The summed E-state index contributed by atoms with van der Waals surface area (Å²) in [5.41, 5.74) is 0.129. The second kappa shape index (κ2) is 9.07. The number of alkyl halides is 3. The van der Waals surface area contributed by atoms with E-state index in [-0.39, 0.29) is 11.6 Å². The second-order valence-electron chi connectivity index (χ2n) is 7.34. The number of likely N-dealkylation sites (tertiary alicyclic amines) is 1. The average molecular weight is 350 g/mol. The highest BCUT2D eigenvalue weighted by atomic mass is 19.4. The van der Waals surface area contributed by atoms with E-state index in [1.807, 2.05) is 0 Å². The molecule has 0 N–H and O–H groups in total. The van der Waals surface area contributed by atoms with E-state index in [0.29, 0.717) is 12.8 Å². The number of carbonyl (C=O) groups excluding carboxylic acids is 1.